The van der Waals surface area contributed by atoms with Crippen LogP contribution in [0.25, 0.3) is 51.5 Å². The number of fused-ring (bicyclic) bond motifs is 6. The first-order valence-electron chi connectivity index (χ1n) is 17.5. The lowest BCUT2D eigenvalue weighted by molar-refractivity contribution is 1.30. The molecule has 0 unspecified atom stereocenters. The van der Waals surface area contributed by atoms with E-state index < -0.39 is 0 Å². The molecule has 52 heavy (non-hydrogen) atoms. The molecule has 0 fully saturated rings. The minimum atomic E-state index is 1.13. The van der Waals surface area contributed by atoms with E-state index >= 15 is 0 Å². The van der Waals surface area contributed by atoms with Gasteiger partial charge in [0, 0.05) is 64.0 Å². The maximum absolute atomic E-state index is 2.43. The Labute approximate surface area is 310 Å². The Morgan fingerprint density at radius 2 is 0.827 bits per heavy atom. The van der Waals surface area contributed by atoms with Gasteiger partial charge >= 0.3 is 0 Å². The van der Waals surface area contributed by atoms with Gasteiger partial charge in [-0.05, 0) is 72.3 Å². The van der Waals surface area contributed by atoms with Gasteiger partial charge < -0.3 is 9.80 Å². The van der Waals surface area contributed by atoms with Crippen LogP contribution in [0.15, 0.2) is 194 Å². The number of benzene rings is 8. The Morgan fingerprint density at radius 1 is 0.308 bits per heavy atom. The lowest BCUT2D eigenvalue weighted by Crippen LogP contribution is -2.11. The first kappa shape index (κ1) is 30.6. The summed E-state index contributed by atoms with van der Waals surface area (Å²) in [6.07, 6.45) is 0. The van der Waals surface area contributed by atoms with Crippen LogP contribution in [0, 0.1) is 0 Å². The van der Waals surface area contributed by atoms with Crippen molar-refractivity contribution in [1.82, 2.24) is 0 Å². The van der Waals surface area contributed by atoms with E-state index in [1.54, 1.807) is 0 Å². The van der Waals surface area contributed by atoms with E-state index in [1.165, 1.54) is 57.2 Å². The van der Waals surface area contributed by atoms with E-state index in [0.717, 1.165) is 28.4 Å². The number of thiophene rings is 2. The molecular formula is C48H32N2S2. The zero-order chi connectivity index (χ0) is 34.4. The van der Waals surface area contributed by atoms with E-state index in [9.17, 15) is 0 Å². The number of hydrogen-bond donors (Lipinski definition) is 0. The maximum atomic E-state index is 2.43. The van der Waals surface area contributed by atoms with Gasteiger partial charge in [0.15, 0.2) is 0 Å². The molecule has 246 valence electrons. The highest BCUT2D eigenvalue weighted by atomic mass is 32.1. The highest BCUT2D eigenvalue weighted by Gasteiger charge is 2.22. The second-order valence-electron chi connectivity index (χ2n) is 12.9. The van der Waals surface area contributed by atoms with Crippen LogP contribution in [0.2, 0.25) is 0 Å². The molecule has 0 aliphatic rings. The fourth-order valence-corrected chi connectivity index (χ4v) is 9.86. The fraction of sp³-hybridized carbons (Fsp3) is 0. The molecule has 0 bridgehead atoms. The molecule has 2 aromatic heterocycles. The summed E-state index contributed by atoms with van der Waals surface area (Å²) in [6, 6.07) is 70.2. The van der Waals surface area contributed by atoms with E-state index in [2.05, 4.69) is 204 Å². The van der Waals surface area contributed by atoms with Crippen LogP contribution in [0.1, 0.15) is 0 Å². The summed E-state index contributed by atoms with van der Waals surface area (Å²) in [5.41, 5.74) is 9.27. The van der Waals surface area contributed by atoms with Crippen LogP contribution in [0.3, 0.4) is 0 Å². The van der Waals surface area contributed by atoms with Crippen molar-refractivity contribution in [3.8, 4) is 11.1 Å². The molecule has 8 aromatic carbocycles. The molecule has 0 N–H and O–H groups in total. The molecule has 4 heteroatoms. The van der Waals surface area contributed by atoms with Crippen molar-refractivity contribution in [2.45, 2.75) is 0 Å². The minimum Gasteiger partial charge on any atom is -0.310 e. The quantitative estimate of drug-likeness (QED) is 0.163. The summed E-state index contributed by atoms with van der Waals surface area (Å²) < 4.78 is 5.14. The lowest BCUT2D eigenvalue weighted by atomic mass is 10.0. The van der Waals surface area contributed by atoms with Gasteiger partial charge in [0.2, 0.25) is 0 Å². The smallest absolute Gasteiger partial charge is 0.0640 e. The molecule has 0 spiro atoms. The molecule has 2 heterocycles. The Morgan fingerprint density at radius 3 is 1.56 bits per heavy atom. The zero-order valence-electron chi connectivity index (χ0n) is 28.2. The Bertz CT molecular complexity index is 2860. The topological polar surface area (TPSA) is 6.48 Å². The van der Waals surface area contributed by atoms with Crippen molar-refractivity contribution in [3.63, 3.8) is 0 Å². The molecule has 0 saturated carbocycles. The Hall–Kier alpha value is -6.20. The second-order valence-corrected chi connectivity index (χ2v) is 15.1. The largest absolute Gasteiger partial charge is 0.310 e. The molecule has 10 rings (SSSR count). The van der Waals surface area contributed by atoms with E-state index in [1.807, 2.05) is 22.7 Å². The molecule has 0 atom stereocenters. The minimum absolute atomic E-state index is 1.13. The monoisotopic (exact) mass is 700 g/mol. The van der Waals surface area contributed by atoms with Crippen molar-refractivity contribution in [1.29, 1.82) is 0 Å². The van der Waals surface area contributed by atoms with E-state index in [-0.39, 0.29) is 0 Å². The molecule has 0 saturated heterocycles. The summed E-state index contributed by atoms with van der Waals surface area (Å²) in [5.74, 6) is 0. The number of hydrogen-bond acceptors (Lipinski definition) is 4. The molecule has 0 amide bonds. The van der Waals surface area contributed by atoms with Crippen molar-refractivity contribution in [2.24, 2.45) is 0 Å². The first-order chi connectivity index (χ1) is 25.8. The van der Waals surface area contributed by atoms with Crippen LogP contribution < -0.4 is 9.80 Å². The average molecular weight is 701 g/mol. The standard InChI is InChI=1S/C48H32N2S2/c1-4-15-33(16-5-1)38-21-10-12-24-43(38)50(35-19-8-3-9-20-35)44-25-14-23-42-41-30-28-37(32-47(41)52-48(42)44)49(34-17-6-2-7-18-34)36-27-29-40-39-22-11-13-26-45(39)51-46(40)31-36/h1-32H. The Balaban J connectivity index is 1.15. The van der Waals surface area contributed by atoms with Gasteiger partial charge in [-0.1, -0.05) is 127 Å². The van der Waals surface area contributed by atoms with Crippen molar-refractivity contribution in [2.75, 3.05) is 9.80 Å². The van der Waals surface area contributed by atoms with Gasteiger partial charge in [-0.25, -0.2) is 0 Å². The van der Waals surface area contributed by atoms with Crippen LogP contribution in [0.5, 0.6) is 0 Å². The molecule has 0 aliphatic carbocycles. The van der Waals surface area contributed by atoms with Crippen molar-refractivity contribution >= 4 is 97.1 Å². The summed E-state index contributed by atoms with van der Waals surface area (Å²) in [6.45, 7) is 0. The third kappa shape index (κ3) is 5.24. The van der Waals surface area contributed by atoms with Crippen molar-refractivity contribution < 1.29 is 0 Å². The molecule has 0 aliphatic heterocycles. The van der Waals surface area contributed by atoms with Gasteiger partial charge in [0.1, 0.15) is 0 Å². The number of para-hydroxylation sites is 3. The summed E-state index contributed by atoms with van der Waals surface area (Å²) in [5, 5.41) is 5.16. The van der Waals surface area contributed by atoms with Gasteiger partial charge in [-0.15, -0.1) is 22.7 Å². The van der Waals surface area contributed by atoms with Crippen LogP contribution in [-0.4, -0.2) is 0 Å². The first-order valence-corrected chi connectivity index (χ1v) is 19.1. The van der Waals surface area contributed by atoms with Crippen molar-refractivity contribution in [3.05, 3.63) is 194 Å². The van der Waals surface area contributed by atoms with Gasteiger partial charge in [0.05, 0.1) is 16.1 Å². The summed E-state index contributed by atoms with van der Waals surface area (Å²) in [4.78, 5) is 4.82. The van der Waals surface area contributed by atoms with Crippen LogP contribution in [0.4, 0.5) is 34.1 Å². The highest BCUT2D eigenvalue weighted by molar-refractivity contribution is 7.26. The zero-order valence-corrected chi connectivity index (χ0v) is 29.8. The van der Waals surface area contributed by atoms with E-state index in [4.69, 9.17) is 0 Å². The predicted molar refractivity (Wildman–Crippen MR) is 227 cm³/mol. The molecule has 0 radical (unpaired) electrons. The van der Waals surface area contributed by atoms with Gasteiger partial charge in [-0.2, -0.15) is 0 Å². The maximum Gasteiger partial charge on any atom is 0.0640 e. The number of nitrogens with zero attached hydrogens (tertiary/aromatic N) is 2. The molecular weight excluding hydrogens is 669 g/mol. The summed E-state index contributed by atoms with van der Waals surface area (Å²) >= 11 is 3.73. The van der Waals surface area contributed by atoms with Gasteiger partial charge in [-0.3, -0.25) is 0 Å². The number of rotatable bonds is 7. The van der Waals surface area contributed by atoms with Gasteiger partial charge in [0.25, 0.3) is 0 Å². The summed E-state index contributed by atoms with van der Waals surface area (Å²) in [7, 11) is 0. The third-order valence-corrected chi connectivity index (χ3v) is 12.2. The predicted octanol–water partition coefficient (Wildman–Crippen LogP) is 15.0. The average Bonchev–Trinajstić information content (AvgIpc) is 3.78. The number of anilines is 6. The Kier molecular flexibility index (Phi) is 7.56. The molecule has 10 aromatic rings. The SMILES string of the molecule is c1ccc(-c2ccccc2N(c2ccccc2)c2cccc3c2sc2cc(N(c4ccccc4)c4ccc5c(c4)sc4ccccc45)ccc23)cc1. The lowest BCUT2D eigenvalue weighted by Gasteiger charge is -2.28. The van der Waals surface area contributed by atoms with Crippen LogP contribution >= 0.6 is 22.7 Å². The van der Waals surface area contributed by atoms with E-state index in [0.29, 0.717) is 0 Å². The van der Waals surface area contributed by atoms with Crippen LogP contribution in [-0.2, 0) is 0 Å². The normalized spacial score (nSPS) is 11.5. The third-order valence-electron chi connectivity index (χ3n) is 9.84. The highest BCUT2D eigenvalue weighted by Crippen LogP contribution is 2.48. The second kappa shape index (κ2) is 12.8. The fourth-order valence-electron chi connectivity index (χ4n) is 7.48. The molecule has 2 nitrogen and oxygen atoms in total.